The molecule has 8 heteroatoms. The van der Waals surface area contributed by atoms with Gasteiger partial charge in [-0.25, -0.2) is 4.68 Å². The first kappa shape index (κ1) is 20.8. The Morgan fingerprint density at radius 1 is 1.17 bits per heavy atom. The standard InChI is InChI=1S/C21H16BrClN4O2/c22-16-6-3-14(4-7-16)18-9-10-21(29)27(26-18)11-1-2-20(28)25-19-12-17(23)8-5-15(19)13-24/h3-10,12H,1-2,11H2,(H,25,28). The lowest BCUT2D eigenvalue weighted by Gasteiger charge is -2.09. The molecule has 3 rings (SSSR count). The van der Waals surface area contributed by atoms with E-state index < -0.39 is 0 Å². The largest absolute Gasteiger partial charge is 0.325 e. The number of anilines is 1. The highest BCUT2D eigenvalue weighted by Gasteiger charge is 2.09. The summed E-state index contributed by atoms with van der Waals surface area (Å²) in [6.45, 7) is 0.303. The van der Waals surface area contributed by atoms with Crippen molar-refractivity contribution in [1.82, 2.24) is 9.78 Å². The molecular formula is C21H16BrClN4O2. The predicted molar refractivity (Wildman–Crippen MR) is 116 cm³/mol. The van der Waals surface area contributed by atoms with E-state index in [-0.39, 0.29) is 17.9 Å². The highest BCUT2D eigenvalue weighted by atomic mass is 79.9. The molecule has 0 fully saturated rings. The maximum Gasteiger partial charge on any atom is 0.266 e. The van der Waals surface area contributed by atoms with E-state index in [0.717, 1.165) is 10.0 Å². The number of nitrogens with zero attached hydrogens (tertiary/aromatic N) is 3. The average molecular weight is 472 g/mol. The van der Waals surface area contributed by atoms with Gasteiger partial charge >= 0.3 is 0 Å². The molecule has 6 nitrogen and oxygen atoms in total. The monoisotopic (exact) mass is 470 g/mol. The Hall–Kier alpha value is -2.95. The number of aryl methyl sites for hydroxylation is 1. The summed E-state index contributed by atoms with van der Waals surface area (Å²) in [7, 11) is 0. The second-order valence-electron chi connectivity index (χ2n) is 6.24. The van der Waals surface area contributed by atoms with Crippen LogP contribution in [0.4, 0.5) is 5.69 Å². The first-order valence-electron chi connectivity index (χ1n) is 8.80. The van der Waals surface area contributed by atoms with Crippen molar-refractivity contribution in [2.24, 2.45) is 0 Å². The third-order valence-electron chi connectivity index (χ3n) is 4.16. The third kappa shape index (κ3) is 5.53. The Morgan fingerprint density at radius 2 is 1.93 bits per heavy atom. The summed E-state index contributed by atoms with van der Waals surface area (Å²) in [5, 5.41) is 16.6. The molecule has 0 aliphatic carbocycles. The van der Waals surface area contributed by atoms with Gasteiger partial charge in [-0.3, -0.25) is 9.59 Å². The maximum atomic E-state index is 12.2. The number of halogens is 2. The van der Waals surface area contributed by atoms with E-state index >= 15 is 0 Å². The molecule has 3 aromatic rings. The highest BCUT2D eigenvalue weighted by molar-refractivity contribution is 9.10. The number of carbonyl (C=O) groups excluding carboxylic acids is 1. The molecule has 2 aromatic carbocycles. The lowest BCUT2D eigenvalue weighted by atomic mass is 10.1. The third-order valence-corrected chi connectivity index (χ3v) is 4.92. The van der Waals surface area contributed by atoms with Gasteiger partial charge in [0.05, 0.1) is 16.9 Å². The number of nitriles is 1. The molecule has 1 aromatic heterocycles. The van der Waals surface area contributed by atoms with Crippen LogP contribution in [-0.2, 0) is 11.3 Å². The van der Waals surface area contributed by atoms with Gasteiger partial charge in [-0.05, 0) is 42.8 Å². The summed E-state index contributed by atoms with van der Waals surface area (Å²) in [6, 6.07) is 17.5. The fraction of sp³-hybridized carbons (Fsp3) is 0.143. The van der Waals surface area contributed by atoms with Gasteiger partial charge < -0.3 is 5.32 Å². The second kappa shape index (κ2) is 9.50. The van der Waals surface area contributed by atoms with Crippen LogP contribution in [0.1, 0.15) is 18.4 Å². The minimum atomic E-state index is -0.263. The molecule has 0 saturated heterocycles. The molecule has 29 heavy (non-hydrogen) atoms. The number of rotatable bonds is 6. The van der Waals surface area contributed by atoms with Gasteiger partial charge in [0.2, 0.25) is 5.91 Å². The molecule has 0 aliphatic rings. The summed E-state index contributed by atoms with van der Waals surface area (Å²) in [4.78, 5) is 24.3. The van der Waals surface area contributed by atoms with Crippen LogP contribution in [0.3, 0.4) is 0 Å². The smallest absolute Gasteiger partial charge is 0.266 e. The van der Waals surface area contributed by atoms with E-state index in [4.69, 9.17) is 16.9 Å². The molecule has 1 amide bonds. The van der Waals surface area contributed by atoms with Crippen molar-refractivity contribution in [3.05, 3.63) is 80.0 Å². The van der Waals surface area contributed by atoms with Crippen LogP contribution in [0.5, 0.6) is 0 Å². The van der Waals surface area contributed by atoms with E-state index in [1.807, 2.05) is 30.3 Å². The average Bonchev–Trinajstić information content (AvgIpc) is 2.70. The SMILES string of the molecule is N#Cc1ccc(Cl)cc1NC(=O)CCCn1nc(-c2ccc(Br)cc2)ccc1=O. The number of hydrogen-bond donors (Lipinski definition) is 1. The Morgan fingerprint density at radius 3 is 2.66 bits per heavy atom. The van der Waals surface area contributed by atoms with E-state index in [0.29, 0.717) is 34.9 Å². The molecule has 0 spiro atoms. The van der Waals surface area contributed by atoms with Crippen LogP contribution in [0.25, 0.3) is 11.3 Å². The van der Waals surface area contributed by atoms with Gasteiger partial charge in [-0.1, -0.05) is 39.7 Å². The zero-order chi connectivity index (χ0) is 20.8. The summed E-state index contributed by atoms with van der Waals surface area (Å²) in [6.07, 6.45) is 0.596. The molecule has 0 bridgehead atoms. The zero-order valence-electron chi connectivity index (χ0n) is 15.2. The van der Waals surface area contributed by atoms with Crippen LogP contribution < -0.4 is 10.9 Å². The highest BCUT2D eigenvalue weighted by Crippen LogP contribution is 2.21. The summed E-state index contributed by atoms with van der Waals surface area (Å²) >= 11 is 9.31. The topological polar surface area (TPSA) is 87.8 Å². The molecule has 0 radical (unpaired) electrons. The van der Waals surface area contributed by atoms with Crippen molar-refractivity contribution < 1.29 is 4.79 Å². The van der Waals surface area contributed by atoms with Gasteiger partial charge in [-0.15, -0.1) is 0 Å². The molecular weight excluding hydrogens is 456 g/mol. The Bertz CT molecular complexity index is 1140. The predicted octanol–water partition coefficient (Wildman–Crippen LogP) is 4.62. The molecule has 1 heterocycles. The van der Waals surface area contributed by atoms with Gasteiger partial charge in [0.15, 0.2) is 0 Å². The minimum absolute atomic E-state index is 0.175. The maximum absolute atomic E-state index is 12.2. The first-order valence-corrected chi connectivity index (χ1v) is 9.97. The molecule has 0 aliphatic heterocycles. The van der Waals surface area contributed by atoms with Crippen LogP contribution >= 0.6 is 27.5 Å². The number of benzene rings is 2. The van der Waals surface area contributed by atoms with Crippen LogP contribution in [-0.4, -0.2) is 15.7 Å². The van der Waals surface area contributed by atoms with Crippen molar-refractivity contribution in [3.8, 4) is 17.3 Å². The van der Waals surface area contributed by atoms with Crippen LogP contribution in [0, 0.1) is 11.3 Å². The summed E-state index contributed by atoms with van der Waals surface area (Å²) < 4.78 is 2.31. The van der Waals surface area contributed by atoms with E-state index in [2.05, 4.69) is 26.3 Å². The lowest BCUT2D eigenvalue weighted by Crippen LogP contribution is -2.23. The van der Waals surface area contributed by atoms with E-state index in [1.54, 1.807) is 18.2 Å². The first-order chi connectivity index (χ1) is 14.0. The van der Waals surface area contributed by atoms with E-state index in [1.165, 1.54) is 16.8 Å². The number of hydrogen-bond acceptors (Lipinski definition) is 4. The van der Waals surface area contributed by atoms with Gasteiger partial charge in [0, 0.05) is 34.1 Å². The number of aromatic nitrogens is 2. The van der Waals surface area contributed by atoms with Gasteiger partial charge in [0.25, 0.3) is 5.56 Å². The van der Waals surface area contributed by atoms with Crippen LogP contribution in [0.2, 0.25) is 5.02 Å². The molecule has 146 valence electrons. The molecule has 0 unspecified atom stereocenters. The van der Waals surface area contributed by atoms with E-state index in [9.17, 15) is 9.59 Å². The Balaban J connectivity index is 1.63. The van der Waals surface area contributed by atoms with Crippen molar-refractivity contribution >= 4 is 39.1 Å². The molecule has 1 N–H and O–H groups in total. The fourth-order valence-electron chi connectivity index (χ4n) is 2.70. The Kier molecular flexibility index (Phi) is 6.81. The second-order valence-corrected chi connectivity index (χ2v) is 7.59. The normalized spacial score (nSPS) is 10.4. The summed E-state index contributed by atoms with van der Waals surface area (Å²) in [5.74, 6) is -0.263. The minimum Gasteiger partial charge on any atom is -0.325 e. The fourth-order valence-corrected chi connectivity index (χ4v) is 3.14. The van der Waals surface area contributed by atoms with Gasteiger partial charge in [-0.2, -0.15) is 10.4 Å². The number of amides is 1. The number of nitrogens with one attached hydrogen (secondary N) is 1. The zero-order valence-corrected chi connectivity index (χ0v) is 17.6. The quantitative estimate of drug-likeness (QED) is 0.568. The van der Waals surface area contributed by atoms with Crippen molar-refractivity contribution in [1.29, 1.82) is 5.26 Å². The van der Waals surface area contributed by atoms with Crippen LogP contribution in [0.15, 0.2) is 63.9 Å². The van der Waals surface area contributed by atoms with Crippen molar-refractivity contribution in [2.75, 3.05) is 5.32 Å². The Labute approximate surface area is 180 Å². The molecule has 0 atom stereocenters. The number of carbonyl (C=O) groups is 1. The van der Waals surface area contributed by atoms with Crippen molar-refractivity contribution in [3.63, 3.8) is 0 Å². The molecule has 0 saturated carbocycles. The van der Waals surface area contributed by atoms with Crippen molar-refractivity contribution in [2.45, 2.75) is 19.4 Å². The van der Waals surface area contributed by atoms with Gasteiger partial charge in [0.1, 0.15) is 6.07 Å². The summed E-state index contributed by atoms with van der Waals surface area (Å²) in [5.41, 5.74) is 2.05. The lowest BCUT2D eigenvalue weighted by molar-refractivity contribution is -0.116.